The number of carbonyl (C=O) groups excluding carboxylic acids is 3. The van der Waals surface area contributed by atoms with Crippen LogP contribution < -0.4 is 5.32 Å². The number of anilines is 1. The molecule has 2 aromatic rings. The molecule has 0 saturated heterocycles. The van der Waals surface area contributed by atoms with Gasteiger partial charge in [0.1, 0.15) is 0 Å². The molecule has 0 heterocycles. The molecule has 0 fully saturated rings. The van der Waals surface area contributed by atoms with Gasteiger partial charge in [-0.05, 0) is 31.2 Å². The van der Waals surface area contributed by atoms with Crippen LogP contribution in [0.15, 0.2) is 36.4 Å². The highest BCUT2D eigenvalue weighted by Gasteiger charge is 2.33. The minimum Gasteiger partial charge on any atom is -0.452 e. The fourth-order valence-electron chi connectivity index (χ4n) is 2.58. The highest BCUT2D eigenvalue weighted by molar-refractivity contribution is 6.31. The summed E-state index contributed by atoms with van der Waals surface area (Å²) in [5.74, 6) is -2.57. The van der Waals surface area contributed by atoms with Crippen molar-refractivity contribution in [2.24, 2.45) is 0 Å². The maximum Gasteiger partial charge on any atom is 0.417 e. The summed E-state index contributed by atoms with van der Waals surface area (Å²) in [4.78, 5) is 47.4. The summed E-state index contributed by atoms with van der Waals surface area (Å²) >= 11 is 5.52. The molecule has 2 rings (SSSR count). The van der Waals surface area contributed by atoms with Gasteiger partial charge in [-0.1, -0.05) is 17.7 Å². The second-order valence-corrected chi connectivity index (χ2v) is 7.23. The third-order valence-corrected chi connectivity index (χ3v) is 4.66. The van der Waals surface area contributed by atoms with E-state index in [0.717, 1.165) is 17.0 Å². The van der Waals surface area contributed by atoms with Crippen molar-refractivity contribution in [1.82, 2.24) is 4.90 Å². The van der Waals surface area contributed by atoms with Crippen LogP contribution in [0.5, 0.6) is 0 Å². The largest absolute Gasteiger partial charge is 0.452 e. The summed E-state index contributed by atoms with van der Waals surface area (Å²) < 4.78 is 43.6. The van der Waals surface area contributed by atoms with Crippen molar-refractivity contribution in [3.63, 3.8) is 0 Å². The Hall–Kier alpha value is -3.67. The smallest absolute Gasteiger partial charge is 0.417 e. The number of esters is 1. The van der Waals surface area contributed by atoms with Crippen molar-refractivity contribution in [2.45, 2.75) is 13.1 Å². The number of likely N-dealkylation sites (N-methyl/N-ethyl adjacent to an activating group) is 1. The zero-order valence-electron chi connectivity index (χ0n) is 17.2. The van der Waals surface area contributed by atoms with Gasteiger partial charge in [0, 0.05) is 24.4 Å². The molecule has 13 heteroatoms. The van der Waals surface area contributed by atoms with E-state index < -0.39 is 52.6 Å². The first-order valence-electron chi connectivity index (χ1n) is 9.12. The Morgan fingerprint density at radius 1 is 1.18 bits per heavy atom. The first-order chi connectivity index (χ1) is 15.3. The molecule has 0 bridgehead atoms. The number of amides is 2. The zero-order valence-corrected chi connectivity index (χ0v) is 18.0. The van der Waals surface area contributed by atoms with Gasteiger partial charge in [-0.2, -0.15) is 13.2 Å². The summed E-state index contributed by atoms with van der Waals surface area (Å²) in [7, 11) is 1.22. The molecule has 0 aliphatic rings. The lowest BCUT2D eigenvalue weighted by Gasteiger charge is -2.17. The van der Waals surface area contributed by atoms with Crippen molar-refractivity contribution in [1.29, 1.82) is 0 Å². The molecule has 0 aromatic heterocycles. The molecule has 176 valence electrons. The van der Waals surface area contributed by atoms with Crippen LogP contribution in [0.25, 0.3) is 0 Å². The first kappa shape index (κ1) is 25.6. The highest BCUT2D eigenvalue weighted by atomic mass is 35.5. The van der Waals surface area contributed by atoms with E-state index in [4.69, 9.17) is 16.3 Å². The number of nitrogens with one attached hydrogen (secondary N) is 1. The summed E-state index contributed by atoms with van der Waals surface area (Å²) in [5, 5.41) is 12.6. The minimum atomic E-state index is -4.72. The lowest BCUT2D eigenvalue weighted by atomic mass is 10.1. The number of alkyl halides is 3. The standard InChI is InChI=1S/C20H17ClF3N3O6/c1-11-3-4-12(7-16(11)27(31)32)19(30)33-10-18(29)26(2)9-17(28)25-13-5-6-15(21)14(8-13)20(22,23)24/h3-8H,9-10H2,1-2H3,(H,25,28). The average Bonchev–Trinajstić information content (AvgIpc) is 2.72. The number of carbonyl (C=O) groups is 3. The minimum absolute atomic E-state index is 0.135. The van der Waals surface area contributed by atoms with Gasteiger partial charge in [0.05, 0.1) is 27.6 Å². The Morgan fingerprint density at radius 3 is 2.45 bits per heavy atom. The van der Waals surface area contributed by atoms with E-state index in [1.807, 2.05) is 0 Å². The van der Waals surface area contributed by atoms with Crippen LogP contribution in [0, 0.1) is 17.0 Å². The fourth-order valence-corrected chi connectivity index (χ4v) is 2.80. The van der Waals surface area contributed by atoms with Gasteiger partial charge in [-0.25, -0.2) is 4.79 Å². The molecular formula is C20H17ClF3N3O6. The molecule has 2 amide bonds. The molecular weight excluding hydrogens is 471 g/mol. The van der Waals surface area contributed by atoms with E-state index in [1.54, 1.807) is 0 Å². The molecule has 0 saturated carbocycles. The third kappa shape index (κ3) is 6.91. The van der Waals surface area contributed by atoms with Crippen LogP contribution in [-0.4, -0.2) is 47.8 Å². The van der Waals surface area contributed by atoms with E-state index >= 15 is 0 Å². The Bertz CT molecular complexity index is 1110. The maximum atomic E-state index is 12.9. The molecule has 1 N–H and O–H groups in total. The third-order valence-electron chi connectivity index (χ3n) is 4.33. The van der Waals surface area contributed by atoms with Gasteiger partial charge >= 0.3 is 12.1 Å². The van der Waals surface area contributed by atoms with Crippen LogP contribution in [0.2, 0.25) is 5.02 Å². The Morgan fingerprint density at radius 2 is 1.85 bits per heavy atom. The highest BCUT2D eigenvalue weighted by Crippen LogP contribution is 2.36. The van der Waals surface area contributed by atoms with Crippen LogP contribution in [0.3, 0.4) is 0 Å². The molecule has 0 unspecified atom stereocenters. The number of nitro groups is 1. The first-order valence-corrected chi connectivity index (χ1v) is 9.50. The molecule has 0 aliphatic heterocycles. The van der Waals surface area contributed by atoms with Gasteiger partial charge in [-0.15, -0.1) is 0 Å². The van der Waals surface area contributed by atoms with Gasteiger partial charge in [0.25, 0.3) is 11.6 Å². The number of aryl methyl sites for hydroxylation is 1. The van der Waals surface area contributed by atoms with E-state index in [2.05, 4.69) is 5.32 Å². The number of ether oxygens (including phenoxy) is 1. The molecule has 2 aromatic carbocycles. The van der Waals surface area contributed by atoms with E-state index in [1.165, 1.54) is 32.2 Å². The topological polar surface area (TPSA) is 119 Å². The Kier molecular flexibility index (Phi) is 7.99. The van der Waals surface area contributed by atoms with Crippen molar-refractivity contribution in [2.75, 3.05) is 25.5 Å². The molecule has 0 atom stereocenters. The number of halogens is 4. The van der Waals surface area contributed by atoms with Crippen molar-refractivity contribution in [3.8, 4) is 0 Å². The van der Waals surface area contributed by atoms with E-state index in [0.29, 0.717) is 11.6 Å². The number of nitro benzene ring substituents is 1. The SMILES string of the molecule is Cc1ccc(C(=O)OCC(=O)N(C)CC(=O)Nc2ccc(Cl)c(C(F)(F)F)c2)cc1[N+](=O)[O-]. The second kappa shape index (κ2) is 10.3. The van der Waals surface area contributed by atoms with Crippen molar-refractivity contribution >= 4 is 40.8 Å². The Labute approximate surface area is 190 Å². The summed E-state index contributed by atoms with van der Waals surface area (Å²) in [6.45, 7) is 0.185. The number of hydrogen-bond donors (Lipinski definition) is 1. The summed E-state index contributed by atoms with van der Waals surface area (Å²) in [5.41, 5.74) is -1.40. The number of rotatable bonds is 7. The van der Waals surface area contributed by atoms with Gasteiger partial charge in [0.15, 0.2) is 6.61 Å². The van der Waals surface area contributed by atoms with E-state index in [-0.39, 0.29) is 16.9 Å². The quantitative estimate of drug-likeness (QED) is 0.360. The number of benzene rings is 2. The van der Waals surface area contributed by atoms with Crippen LogP contribution in [0.4, 0.5) is 24.5 Å². The molecule has 33 heavy (non-hydrogen) atoms. The van der Waals surface area contributed by atoms with Gasteiger partial charge < -0.3 is 15.0 Å². The van der Waals surface area contributed by atoms with Crippen molar-refractivity contribution in [3.05, 3.63) is 68.2 Å². The van der Waals surface area contributed by atoms with E-state index in [9.17, 15) is 37.7 Å². The molecule has 0 radical (unpaired) electrons. The Balaban J connectivity index is 1.93. The average molecular weight is 488 g/mol. The van der Waals surface area contributed by atoms with Gasteiger partial charge in [0.2, 0.25) is 5.91 Å². The monoisotopic (exact) mass is 487 g/mol. The lowest BCUT2D eigenvalue weighted by molar-refractivity contribution is -0.385. The maximum absolute atomic E-state index is 12.9. The summed E-state index contributed by atoms with van der Waals surface area (Å²) in [6, 6.07) is 6.47. The van der Waals surface area contributed by atoms with Crippen molar-refractivity contribution < 1.29 is 37.2 Å². The molecule has 0 aliphatic carbocycles. The van der Waals surface area contributed by atoms with Crippen LogP contribution in [0.1, 0.15) is 21.5 Å². The zero-order chi connectivity index (χ0) is 24.9. The predicted molar refractivity (Wildman–Crippen MR) is 111 cm³/mol. The molecule has 0 spiro atoms. The lowest BCUT2D eigenvalue weighted by Crippen LogP contribution is -2.37. The number of nitrogens with zero attached hydrogens (tertiary/aromatic N) is 2. The predicted octanol–water partition coefficient (Wildman–Crippen LogP) is 3.83. The summed E-state index contributed by atoms with van der Waals surface area (Å²) in [6.07, 6.45) is -4.72. The fraction of sp³-hybridized carbons (Fsp3) is 0.250. The molecule has 9 nitrogen and oxygen atoms in total. The normalized spacial score (nSPS) is 11.0. The number of hydrogen-bond acceptors (Lipinski definition) is 6. The van der Waals surface area contributed by atoms with Crippen LogP contribution in [-0.2, 0) is 20.5 Å². The van der Waals surface area contributed by atoms with Crippen LogP contribution >= 0.6 is 11.6 Å². The second-order valence-electron chi connectivity index (χ2n) is 6.82. The van der Waals surface area contributed by atoms with Gasteiger partial charge in [-0.3, -0.25) is 19.7 Å².